The second-order valence-electron chi connectivity index (χ2n) is 4.34. The van der Waals surface area contributed by atoms with Crippen molar-refractivity contribution in [2.45, 2.75) is 45.1 Å². The fourth-order valence-corrected chi connectivity index (χ4v) is 2.22. The molecule has 0 spiro atoms. The Morgan fingerprint density at radius 2 is 2.50 bits per heavy atom. The van der Waals surface area contributed by atoms with E-state index in [1.165, 1.54) is 0 Å². The number of hydrogen-bond acceptors (Lipinski definition) is 2. The summed E-state index contributed by atoms with van der Waals surface area (Å²) in [5, 5.41) is 0. The van der Waals surface area contributed by atoms with E-state index in [0.29, 0.717) is 6.61 Å². The Kier molecular flexibility index (Phi) is 3.65. The zero-order valence-corrected chi connectivity index (χ0v) is 9.82. The summed E-state index contributed by atoms with van der Waals surface area (Å²) in [5.74, 6) is -0.0892. The van der Waals surface area contributed by atoms with Crippen molar-refractivity contribution >= 4 is 5.97 Å². The maximum Gasteiger partial charge on any atom is 0.314 e. The number of carbonyl (C=O) groups excluding carboxylic acids is 1. The van der Waals surface area contributed by atoms with Crippen molar-refractivity contribution in [2.75, 3.05) is 6.61 Å². The quantitative estimate of drug-likeness (QED) is 0.578. The molecule has 16 heavy (non-hydrogen) atoms. The summed E-state index contributed by atoms with van der Waals surface area (Å²) in [5.41, 5.74) is 1.12. The highest BCUT2D eigenvalue weighted by molar-refractivity contribution is 5.77. The summed E-state index contributed by atoms with van der Waals surface area (Å²) in [7, 11) is 0. The molecule has 0 aromatic carbocycles. The van der Waals surface area contributed by atoms with Gasteiger partial charge in [-0.25, -0.2) is 0 Å². The summed E-state index contributed by atoms with van der Waals surface area (Å²) >= 11 is 0. The molecule has 1 atom stereocenters. The third kappa shape index (κ3) is 2.29. The van der Waals surface area contributed by atoms with Crippen LogP contribution < -0.4 is 0 Å². The molecule has 0 radical (unpaired) electrons. The van der Waals surface area contributed by atoms with E-state index in [0.717, 1.165) is 37.9 Å². The van der Waals surface area contributed by atoms with Crippen LogP contribution in [-0.4, -0.2) is 17.1 Å². The number of rotatable bonds is 4. The molecule has 1 aliphatic heterocycles. The van der Waals surface area contributed by atoms with Gasteiger partial charge in [-0.15, -0.1) is 0 Å². The van der Waals surface area contributed by atoms with Crippen molar-refractivity contribution in [3.05, 3.63) is 24.0 Å². The highest BCUT2D eigenvalue weighted by Crippen LogP contribution is 2.28. The van der Waals surface area contributed by atoms with Crippen LogP contribution in [0.25, 0.3) is 0 Å². The predicted octanol–water partition coefficient (Wildman–Crippen LogP) is 2.71. The minimum atomic E-state index is -0.0481. The zero-order chi connectivity index (χ0) is 11.4. The molecule has 0 saturated carbocycles. The maximum absolute atomic E-state index is 11.9. The van der Waals surface area contributed by atoms with Crippen molar-refractivity contribution in [2.24, 2.45) is 0 Å². The summed E-state index contributed by atoms with van der Waals surface area (Å²) in [4.78, 5) is 11.9. The van der Waals surface area contributed by atoms with Crippen LogP contribution in [0.2, 0.25) is 0 Å². The van der Waals surface area contributed by atoms with Gasteiger partial charge in [-0.3, -0.25) is 4.79 Å². The molecule has 0 N–H and O–H groups in total. The van der Waals surface area contributed by atoms with Crippen LogP contribution in [0.3, 0.4) is 0 Å². The number of ether oxygens (including phenoxy) is 1. The number of carbonyl (C=O) groups is 1. The molecular weight excluding hydrogens is 202 g/mol. The second kappa shape index (κ2) is 5.19. The first-order valence-electron chi connectivity index (χ1n) is 6.14. The van der Waals surface area contributed by atoms with Gasteiger partial charge in [-0.2, -0.15) is 0 Å². The minimum absolute atomic E-state index is 0.0411. The van der Waals surface area contributed by atoms with Gasteiger partial charge in [-0.1, -0.05) is 13.3 Å². The normalized spacial score (nSPS) is 19.2. The van der Waals surface area contributed by atoms with Gasteiger partial charge in [0.1, 0.15) is 0 Å². The number of fused-ring (bicyclic) bond motifs is 1. The van der Waals surface area contributed by atoms with Gasteiger partial charge in [0.05, 0.1) is 12.5 Å². The fraction of sp³-hybridized carbons (Fsp3) is 0.615. The Hall–Kier alpha value is -1.25. The molecule has 3 heteroatoms. The highest BCUT2D eigenvalue weighted by atomic mass is 16.5. The van der Waals surface area contributed by atoms with Crippen molar-refractivity contribution in [3.63, 3.8) is 0 Å². The Bertz CT molecular complexity index is 357. The minimum Gasteiger partial charge on any atom is -0.465 e. The molecule has 0 saturated heterocycles. The first-order valence-corrected chi connectivity index (χ1v) is 6.14. The number of esters is 1. The lowest BCUT2D eigenvalue weighted by atomic mass is 9.96. The second-order valence-corrected chi connectivity index (χ2v) is 4.34. The van der Waals surface area contributed by atoms with Gasteiger partial charge in [0.25, 0.3) is 0 Å². The van der Waals surface area contributed by atoms with Crippen LogP contribution in [-0.2, 0) is 16.1 Å². The van der Waals surface area contributed by atoms with Crippen LogP contribution in [0.4, 0.5) is 0 Å². The molecule has 1 unspecified atom stereocenters. The molecule has 0 amide bonds. The molecule has 0 bridgehead atoms. The van der Waals surface area contributed by atoms with Crippen LogP contribution in [0.15, 0.2) is 18.3 Å². The number of aromatic nitrogens is 1. The standard InChI is InChI=1S/C13H19NO2/c1-2-3-10-16-13(15)11-6-4-8-14-9-5-7-12(11)14/h5,7,9,11H,2-4,6,8,10H2,1H3. The molecule has 1 aromatic rings. The Morgan fingerprint density at radius 1 is 1.62 bits per heavy atom. The van der Waals surface area contributed by atoms with Crippen molar-refractivity contribution in [1.29, 1.82) is 0 Å². The SMILES string of the molecule is CCCCOC(=O)C1CCCn2cccc21. The smallest absolute Gasteiger partial charge is 0.314 e. The van der Waals surface area contributed by atoms with E-state index in [1.54, 1.807) is 0 Å². The molecule has 1 aromatic heterocycles. The van der Waals surface area contributed by atoms with Crippen LogP contribution in [0, 0.1) is 0 Å². The summed E-state index contributed by atoms with van der Waals surface area (Å²) in [6.07, 6.45) is 6.05. The summed E-state index contributed by atoms with van der Waals surface area (Å²) < 4.78 is 7.46. The van der Waals surface area contributed by atoms with Gasteiger partial charge in [0, 0.05) is 18.4 Å². The van der Waals surface area contributed by atoms with E-state index in [1.807, 2.05) is 18.3 Å². The number of hydrogen-bond donors (Lipinski definition) is 0. The molecule has 2 heterocycles. The number of nitrogens with zero attached hydrogens (tertiary/aromatic N) is 1. The Balaban J connectivity index is 1.98. The number of aryl methyl sites for hydroxylation is 1. The van der Waals surface area contributed by atoms with E-state index < -0.39 is 0 Å². The first kappa shape index (κ1) is 11.2. The van der Waals surface area contributed by atoms with E-state index in [-0.39, 0.29) is 11.9 Å². The Labute approximate surface area is 96.4 Å². The largest absolute Gasteiger partial charge is 0.465 e. The molecular formula is C13H19NO2. The lowest BCUT2D eigenvalue weighted by Gasteiger charge is -2.23. The average molecular weight is 221 g/mol. The molecule has 2 rings (SSSR count). The van der Waals surface area contributed by atoms with E-state index >= 15 is 0 Å². The lowest BCUT2D eigenvalue weighted by molar-refractivity contribution is -0.146. The van der Waals surface area contributed by atoms with Gasteiger partial charge in [-0.05, 0) is 31.4 Å². The molecule has 3 nitrogen and oxygen atoms in total. The monoisotopic (exact) mass is 221 g/mol. The fourth-order valence-electron chi connectivity index (χ4n) is 2.22. The first-order chi connectivity index (χ1) is 7.83. The van der Waals surface area contributed by atoms with Gasteiger partial charge in [0.2, 0.25) is 0 Å². The maximum atomic E-state index is 11.9. The van der Waals surface area contributed by atoms with Gasteiger partial charge >= 0.3 is 5.97 Å². The summed E-state index contributed by atoms with van der Waals surface area (Å²) in [6, 6.07) is 4.04. The van der Waals surface area contributed by atoms with Crippen molar-refractivity contribution < 1.29 is 9.53 Å². The van der Waals surface area contributed by atoms with Gasteiger partial charge < -0.3 is 9.30 Å². The van der Waals surface area contributed by atoms with Crippen molar-refractivity contribution in [3.8, 4) is 0 Å². The van der Waals surface area contributed by atoms with Crippen LogP contribution in [0.1, 0.15) is 44.2 Å². The van der Waals surface area contributed by atoms with Crippen LogP contribution >= 0.6 is 0 Å². The van der Waals surface area contributed by atoms with E-state index in [2.05, 4.69) is 11.5 Å². The lowest BCUT2D eigenvalue weighted by Crippen LogP contribution is -2.23. The molecule has 0 aliphatic carbocycles. The van der Waals surface area contributed by atoms with E-state index in [4.69, 9.17) is 4.74 Å². The zero-order valence-electron chi connectivity index (χ0n) is 9.82. The van der Waals surface area contributed by atoms with Gasteiger partial charge in [0.15, 0.2) is 0 Å². The third-order valence-electron chi connectivity index (χ3n) is 3.14. The highest BCUT2D eigenvalue weighted by Gasteiger charge is 2.27. The summed E-state index contributed by atoms with van der Waals surface area (Å²) in [6.45, 7) is 3.69. The van der Waals surface area contributed by atoms with Crippen LogP contribution in [0.5, 0.6) is 0 Å². The predicted molar refractivity (Wildman–Crippen MR) is 62.3 cm³/mol. The third-order valence-corrected chi connectivity index (χ3v) is 3.14. The van der Waals surface area contributed by atoms with Crippen molar-refractivity contribution in [1.82, 2.24) is 4.57 Å². The van der Waals surface area contributed by atoms with E-state index in [9.17, 15) is 4.79 Å². The topological polar surface area (TPSA) is 31.2 Å². The Morgan fingerprint density at radius 3 is 3.31 bits per heavy atom. The molecule has 88 valence electrons. The average Bonchev–Trinajstić information content (AvgIpc) is 2.76. The number of unbranched alkanes of at least 4 members (excludes halogenated alkanes) is 1. The molecule has 1 aliphatic rings. The molecule has 0 fully saturated rings.